The molecule has 0 N–H and O–H groups in total. The van der Waals surface area contributed by atoms with E-state index in [0.29, 0.717) is 16.4 Å². The Kier molecular flexibility index (Phi) is 2.02. The van der Waals surface area contributed by atoms with Crippen molar-refractivity contribution in [2.75, 3.05) is 7.11 Å². The maximum Gasteiger partial charge on any atom is 0.148 e. The molecule has 0 bridgehead atoms. The molecule has 66 valence electrons. The van der Waals surface area contributed by atoms with Crippen LogP contribution in [0.3, 0.4) is 0 Å². The molecular formula is C9H7ClN2O. The Labute approximate surface area is 80.3 Å². The minimum Gasteiger partial charge on any atom is -0.494 e. The van der Waals surface area contributed by atoms with Gasteiger partial charge in [-0.1, -0.05) is 17.7 Å². The van der Waals surface area contributed by atoms with Gasteiger partial charge in [0.2, 0.25) is 0 Å². The smallest absolute Gasteiger partial charge is 0.148 e. The summed E-state index contributed by atoms with van der Waals surface area (Å²) in [5, 5.41) is 0.372. The van der Waals surface area contributed by atoms with Crippen LogP contribution in [0.4, 0.5) is 0 Å². The third-order valence-electron chi connectivity index (χ3n) is 1.73. The molecule has 1 heterocycles. The molecule has 13 heavy (non-hydrogen) atoms. The van der Waals surface area contributed by atoms with E-state index in [1.54, 1.807) is 7.11 Å². The molecule has 0 saturated carbocycles. The van der Waals surface area contributed by atoms with Crippen LogP contribution >= 0.6 is 11.6 Å². The number of hydrogen-bond donors (Lipinski definition) is 0. The second-order valence-corrected chi connectivity index (χ2v) is 2.91. The summed E-state index contributed by atoms with van der Waals surface area (Å²) in [6.45, 7) is 0. The number of ether oxygens (including phenoxy) is 1. The van der Waals surface area contributed by atoms with E-state index in [-0.39, 0.29) is 0 Å². The van der Waals surface area contributed by atoms with Crippen molar-refractivity contribution in [2.45, 2.75) is 0 Å². The lowest BCUT2D eigenvalue weighted by Gasteiger charge is -2.02. The van der Waals surface area contributed by atoms with Crippen molar-refractivity contribution in [1.29, 1.82) is 0 Å². The normalized spacial score (nSPS) is 10.3. The van der Waals surface area contributed by atoms with E-state index in [1.807, 2.05) is 18.2 Å². The second-order valence-electron chi connectivity index (χ2n) is 2.52. The number of nitrogens with zero attached hydrogens (tertiary/aromatic N) is 2. The first-order chi connectivity index (χ1) is 6.31. The van der Waals surface area contributed by atoms with Crippen molar-refractivity contribution in [3.8, 4) is 5.75 Å². The van der Waals surface area contributed by atoms with Gasteiger partial charge in [-0.15, -0.1) is 0 Å². The molecule has 0 aliphatic carbocycles. The Balaban J connectivity index is 2.79. The molecule has 0 spiro atoms. The van der Waals surface area contributed by atoms with E-state index < -0.39 is 0 Å². The summed E-state index contributed by atoms with van der Waals surface area (Å²) in [5.74, 6) is 0.688. The van der Waals surface area contributed by atoms with Crippen LogP contribution in [0.15, 0.2) is 24.4 Å². The Morgan fingerprint density at radius 2 is 2.23 bits per heavy atom. The lowest BCUT2D eigenvalue weighted by atomic mass is 10.3. The van der Waals surface area contributed by atoms with Gasteiger partial charge in [-0.2, -0.15) is 0 Å². The predicted molar refractivity (Wildman–Crippen MR) is 51.1 cm³/mol. The van der Waals surface area contributed by atoms with Gasteiger partial charge in [0.15, 0.2) is 0 Å². The van der Waals surface area contributed by atoms with Crippen LogP contribution in [-0.2, 0) is 0 Å². The molecule has 2 aromatic rings. The van der Waals surface area contributed by atoms with E-state index in [0.717, 1.165) is 5.52 Å². The van der Waals surface area contributed by atoms with Crippen LogP contribution in [0, 0.1) is 0 Å². The van der Waals surface area contributed by atoms with Gasteiger partial charge in [0, 0.05) is 0 Å². The highest BCUT2D eigenvalue weighted by Crippen LogP contribution is 2.22. The van der Waals surface area contributed by atoms with Gasteiger partial charge >= 0.3 is 0 Å². The molecule has 3 nitrogen and oxygen atoms in total. The zero-order chi connectivity index (χ0) is 9.26. The number of fused-ring (bicyclic) bond motifs is 1. The minimum absolute atomic E-state index is 0.372. The molecule has 0 unspecified atom stereocenters. The van der Waals surface area contributed by atoms with Crippen molar-refractivity contribution >= 4 is 22.6 Å². The quantitative estimate of drug-likeness (QED) is 0.699. The lowest BCUT2D eigenvalue weighted by molar-refractivity contribution is 0.419. The Morgan fingerprint density at radius 3 is 3.00 bits per heavy atom. The van der Waals surface area contributed by atoms with E-state index in [4.69, 9.17) is 16.3 Å². The first-order valence-electron chi connectivity index (χ1n) is 3.76. The summed E-state index contributed by atoms with van der Waals surface area (Å²) in [5.41, 5.74) is 1.47. The highest BCUT2D eigenvalue weighted by Gasteiger charge is 2.03. The number of benzene rings is 1. The zero-order valence-corrected chi connectivity index (χ0v) is 7.75. The number of methoxy groups -OCH3 is 1. The molecule has 0 saturated heterocycles. The highest BCUT2D eigenvalue weighted by molar-refractivity contribution is 6.29. The standard InChI is InChI=1S/C9H7ClN2O/c1-13-7-4-2-3-6-9(7)12-8(10)5-11-6/h2-5H,1H3. The SMILES string of the molecule is COc1cccc2ncc(Cl)nc12. The topological polar surface area (TPSA) is 35.0 Å². The van der Waals surface area contributed by atoms with Gasteiger partial charge in [-0.25, -0.2) is 4.98 Å². The van der Waals surface area contributed by atoms with E-state index >= 15 is 0 Å². The minimum atomic E-state index is 0.372. The molecule has 0 aliphatic heterocycles. The Morgan fingerprint density at radius 1 is 1.38 bits per heavy atom. The molecule has 1 aromatic heterocycles. The maximum atomic E-state index is 5.72. The molecule has 1 aromatic carbocycles. The fourth-order valence-corrected chi connectivity index (χ4v) is 1.28. The van der Waals surface area contributed by atoms with E-state index in [2.05, 4.69) is 9.97 Å². The van der Waals surface area contributed by atoms with Crippen LogP contribution < -0.4 is 4.74 Å². The van der Waals surface area contributed by atoms with Crippen LogP contribution in [0.2, 0.25) is 5.15 Å². The largest absolute Gasteiger partial charge is 0.494 e. The van der Waals surface area contributed by atoms with Crippen molar-refractivity contribution in [3.05, 3.63) is 29.5 Å². The van der Waals surface area contributed by atoms with Crippen molar-refractivity contribution < 1.29 is 4.74 Å². The first kappa shape index (κ1) is 8.26. The van der Waals surface area contributed by atoms with E-state index in [9.17, 15) is 0 Å². The lowest BCUT2D eigenvalue weighted by Crippen LogP contribution is -1.89. The summed E-state index contributed by atoms with van der Waals surface area (Å²) in [7, 11) is 1.59. The van der Waals surface area contributed by atoms with Gasteiger partial charge < -0.3 is 4.74 Å². The summed E-state index contributed by atoms with van der Waals surface area (Å²) in [6, 6.07) is 5.55. The molecule has 4 heteroatoms. The second kappa shape index (κ2) is 3.18. The van der Waals surface area contributed by atoms with Crippen LogP contribution in [0.1, 0.15) is 0 Å². The summed E-state index contributed by atoms with van der Waals surface area (Å²) < 4.78 is 5.12. The first-order valence-corrected chi connectivity index (χ1v) is 4.14. The average molecular weight is 195 g/mol. The van der Waals surface area contributed by atoms with E-state index in [1.165, 1.54) is 6.20 Å². The molecule has 0 amide bonds. The average Bonchev–Trinajstić information content (AvgIpc) is 2.17. The van der Waals surface area contributed by atoms with Gasteiger partial charge in [-0.3, -0.25) is 4.98 Å². The summed E-state index contributed by atoms with van der Waals surface area (Å²) in [6.07, 6.45) is 1.52. The van der Waals surface area contributed by atoms with Gasteiger partial charge in [0.25, 0.3) is 0 Å². The maximum absolute atomic E-state index is 5.72. The number of halogens is 1. The zero-order valence-electron chi connectivity index (χ0n) is 6.99. The summed E-state index contributed by atoms with van der Waals surface area (Å²) >= 11 is 5.72. The van der Waals surface area contributed by atoms with Crippen LogP contribution in [0.5, 0.6) is 5.75 Å². The Hall–Kier alpha value is -1.35. The predicted octanol–water partition coefficient (Wildman–Crippen LogP) is 2.29. The monoisotopic (exact) mass is 194 g/mol. The highest BCUT2D eigenvalue weighted by atomic mass is 35.5. The fraction of sp³-hybridized carbons (Fsp3) is 0.111. The molecular weight excluding hydrogens is 188 g/mol. The summed E-state index contributed by atoms with van der Waals surface area (Å²) in [4.78, 5) is 8.24. The van der Waals surface area contributed by atoms with Crippen molar-refractivity contribution in [2.24, 2.45) is 0 Å². The number of aromatic nitrogens is 2. The van der Waals surface area contributed by atoms with Crippen molar-refractivity contribution in [3.63, 3.8) is 0 Å². The molecule has 0 aliphatic rings. The van der Waals surface area contributed by atoms with Crippen LogP contribution in [0.25, 0.3) is 11.0 Å². The van der Waals surface area contributed by atoms with Gasteiger partial charge in [0.1, 0.15) is 16.4 Å². The molecule has 0 radical (unpaired) electrons. The van der Waals surface area contributed by atoms with Gasteiger partial charge in [0.05, 0.1) is 18.8 Å². The fourth-order valence-electron chi connectivity index (χ4n) is 1.15. The molecule has 2 rings (SSSR count). The third-order valence-corrected chi connectivity index (χ3v) is 1.91. The number of hydrogen-bond acceptors (Lipinski definition) is 3. The number of para-hydroxylation sites is 1. The van der Waals surface area contributed by atoms with Gasteiger partial charge in [-0.05, 0) is 12.1 Å². The van der Waals surface area contributed by atoms with Crippen LogP contribution in [-0.4, -0.2) is 17.1 Å². The van der Waals surface area contributed by atoms with Crippen molar-refractivity contribution in [1.82, 2.24) is 9.97 Å². The Bertz CT molecular complexity index is 445. The number of rotatable bonds is 1. The third kappa shape index (κ3) is 1.42. The molecule has 0 fully saturated rings. The molecule has 0 atom stereocenters.